The number of nitrogen functional groups attached to an aromatic ring is 1. The van der Waals surface area contributed by atoms with Crippen LogP contribution < -0.4 is 5.73 Å². The first-order valence-corrected chi connectivity index (χ1v) is 7.89. The normalized spacial score (nSPS) is 11.6. The van der Waals surface area contributed by atoms with E-state index in [1.165, 1.54) is 6.07 Å². The molecule has 0 atom stereocenters. The van der Waals surface area contributed by atoms with Gasteiger partial charge in [-0.1, -0.05) is 38.2 Å². The molecule has 0 amide bonds. The molecule has 0 unspecified atom stereocenters. The quantitative estimate of drug-likeness (QED) is 0.270. The number of anilines is 1. The number of alkyl halides is 3. The van der Waals surface area contributed by atoms with Crippen molar-refractivity contribution < 1.29 is 18.1 Å². The lowest BCUT2D eigenvalue weighted by Crippen LogP contribution is -2.06. The zero-order chi connectivity index (χ0) is 17.3. The number of hydrogen-bond donors (Lipinski definition) is 1. The Morgan fingerprint density at radius 3 is 2.13 bits per heavy atom. The molecule has 0 aliphatic carbocycles. The average molecular weight is 332 g/mol. The Balaban J connectivity index is 2.12. The molecule has 0 saturated heterocycles. The maximum Gasteiger partial charge on any atom is 0.389 e. The number of nitro benzene ring substituents is 1. The summed E-state index contributed by atoms with van der Waals surface area (Å²) in [6.45, 7) is 0. The topological polar surface area (TPSA) is 69.2 Å². The van der Waals surface area contributed by atoms with Crippen LogP contribution in [0.4, 0.5) is 24.5 Å². The Morgan fingerprint density at radius 1 is 1.00 bits per heavy atom. The van der Waals surface area contributed by atoms with Crippen molar-refractivity contribution in [2.24, 2.45) is 0 Å². The molecule has 0 bridgehead atoms. The van der Waals surface area contributed by atoms with Gasteiger partial charge < -0.3 is 5.73 Å². The number of halogens is 3. The van der Waals surface area contributed by atoms with Crippen LogP contribution in [-0.4, -0.2) is 11.1 Å². The Kier molecular flexibility index (Phi) is 7.85. The van der Waals surface area contributed by atoms with Gasteiger partial charge in [-0.3, -0.25) is 10.1 Å². The van der Waals surface area contributed by atoms with Crippen molar-refractivity contribution in [3.8, 4) is 0 Å². The van der Waals surface area contributed by atoms with Crippen molar-refractivity contribution >= 4 is 11.4 Å². The van der Waals surface area contributed by atoms with E-state index in [4.69, 9.17) is 5.73 Å². The van der Waals surface area contributed by atoms with E-state index in [0.717, 1.165) is 44.1 Å². The van der Waals surface area contributed by atoms with E-state index in [2.05, 4.69) is 0 Å². The highest BCUT2D eigenvalue weighted by Crippen LogP contribution is 2.24. The van der Waals surface area contributed by atoms with Crippen molar-refractivity contribution in [2.45, 2.75) is 64.0 Å². The number of aryl methyl sites for hydroxylation is 1. The monoisotopic (exact) mass is 332 g/mol. The summed E-state index contributed by atoms with van der Waals surface area (Å²) in [5.74, 6) is 0. The van der Waals surface area contributed by atoms with Crippen LogP contribution in [0.15, 0.2) is 18.2 Å². The molecule has 7 heteroatoms. The minimum Gasteiger partial charge on any atom is -0.393 e. The molecule has 0 fully saturated rings. The van der Waals surface area contributed by atoms with Gasteiger partial charge in [-0.25, -0.2) is 0 Å². The van der Waals surface area contributed by atoms with E-state index in [0.29, 0.717) is 6.42 Å². The Labute approximate surface area is 134 Å². The van der Waals surface area contributed by atoms with Gasteiger partial charge in [-0.05, 0) is 30.9 Å². The minimum atomic E-state index is -4.04. The molecule has 0 heterocycles. The lowest BCUT2D eigenvalue weighted by Gasteiger charge is -2.06. The van der Waals surface area contributed by atoms with Gasteiger partial charge in [0.25, 0.3) is 5.69 Å². The molecule has 1 rings (SSSR count). The summed E-state index contributed by atoms with van der Waals surface area (Å²) < 4.78 is 35.8. The van der Waals surface area contributed by atoms with Gasteiger partial charge in [0.1, 0.15) is 5.69 Å². The minimum absolute atomic E-state index is 0.0628. The number of nitro groups is 1. The van der Waals surface area contributed by atoms with Gasteiger partial charge in [0, 0.05) is 12.5 Å². The SMILES string of the molecule is Nc1ccc(CCCCCCCCCC(F)(F)F)cc1[N+](=O)[O-]. The van der Waals surface area contributed by atoms with Crippen LogP contribution in [0.3, 0.4) is 0 Å². The summed E-state index contributed by atoms with van der Waals surface area (Å²) in [6.07, 6.45) is 1.44. The van der Waals surface area contributed by atoms with E-state index in [-0.39, 0.29) is 17.8 Å². The van der Waals surface area contributed by atoms with E-state index >= 15 is 0 Å². The molecular formula is C16H23F3N2O2. The van der Waals surface area contributed by atoms with Crippen LogP contribution in [0.25, 0.3) is 0 Å². The number of hydrogen-bond acceptors (Lipinski definition) is 3. The first-order chi connectivity index (χ1) is 10.8. The third-order valence-electron chi connectivity index (χ3n) is 3.72. The summed E-state index contributed by atoms with van der Waals surface area (Å²) in [6, 6.07) is 4.85. The van der Waals surface area contributed by atoms with Crippen molar-refractivity contribution in [1.29, 1.82) is 0 Å². The highest BCUT2D eigenvalue weighted by Gasteiger charge is 2.25. The third kappa shape index (κ3) is 8.42. The average Bonchev–Trinajstić information content (AvgIpc) is 2.45. The predicted molar refractivity (Wildman–Crippen MR) is 84.2 cm³/mol. The second-order valence-corrected chi connectivity index (χ2v) is 5.74. The lowest BCUT2D eigenvalue weighted by atomic mass is 10.0. The fourth-order valence-corrected chi connectivity index (χ4v) is 2.44. The van der Waals surface area contributed by atoms with Gasteiger partial charge in [0.2, 0.25) is 0 Å². The Bertz CT molecular complexity index is 505. The van der Waals surface area contributed by atoms with E-state index in [1.54, 1.807) is 12.1 Å². The molecule has 23 heavy (non-hydrogen) atoms. The van der Waals surface area contributed by atoms with Gasteiger partial charge >= 0.3 is 6.18 Å². The smallest absolute Gasteiger partial charge is 0.389 e. The molecule has 0 aliphatic heterocycles. The third-order valence-corrected chi connectivity index (χ3v) is 3.72. The summed E-state index contributed by atoms with van der Waals surface area (Å²) in [7, 11) is 0. The largest absolute Gasteiger partial charge is 0.393 e. The van der Waals surface area contributed by atoms with E-state index in [9.17, 15) is 23.3 Å². The number of rotatable bonds is 10. The first-order valence-electron chi connectivity index (χ1n) is 7.89. The molecule has 1 aromatic rings. The summed E-state index contributed by atoms with van der Waals surface area (Å²) >= 11 is 0. The van der Waals surface area contributed by atoms with Gasteiger partial charge in [0.05, 0.1) is 4.92 Å². The standard InChI is InChI=1S/C16H23F3N2O2/c17-16(18,19)11-7-5-3-1-2-4-6-8-13-9-10-14(20)15(12-13)21(22)23/h9-10,12H,1-8,11,20H2. The van der Waals surface area contributed by atoms with E-state index < -0.39 is 17.5 Å². The second-order valence-electron chi connectivity index (χ2n) is 5.74. The van der Waals surface area contributed by atoms with Gasteiger partial charge in [0.15, 0.2) is 0 Å². The molecule has 4 nitrogen and oxygen atoms in total. The molecule has 0 aliphatic rings. The molecular weight excluding hydrogens is 309 g/mol. The van der Waals surface area contributed by atoms with Crippen LogP contribution >= 0.6 is 0 Å². The molecule has 1 aromatic carbocycles. The van der Waals surface area contributed by atoms with Crippen molar-refractivity contribution in [1.82, 2.24) is 0 Å². The maximum atomic E-state index is 11.9. The Morgan fingerprint density at radius 2 is 1.57 bits per heavy atom. The molecule has 0 aromatic heterocycles. The van der Waals surface area contributed by atoms with Crippen LogP contribution in [0.1, 0.15) is 56.9 Å². The first kappa shape index (κ1) is 19.3. The number of nitrogens with zero attached hydrogens (tertiary/aromatic N) is 1. The number of benzene rings is 1. The van der Waals surface area contributed by atoms with Crippen molar-refractivity contribution in [3.05, 3.63) is 33.9 Å². The van der Waals surface area contributed by atoms with Crippen LogP contribution in [-0.2, 0) is 6.42 Å². The highest BCUT2D eigenvalue weighted by atomic mass is 19.4. The van der Waals surface area contributed by atoms with Gasteiger partial charge in [-0.15, -0.1) is 0 Å². The second kappa shape index (κ2) is 9.37. The molecule has 0 spiro atoms. The van der Waals surface area contributed by atoms with Gasteiger partial charge in [-0.2, -0.15) is 13.2 Å². The lowest BCUT2D eigenvalue weighted by molar-refractivity contribution is -0.384. The zero-order valence-electron chi connectivity index (χ0n) is 13.1. The van der Waals surface area contributed by atoms with Crippen LogP contribution in [0.5, 0.6) is 0 Å². The number of nitrogens with two attached hydrogens (primary N) is 1. The maximum absolute atomic E-state index is 11.9. The summed E-state index contributed by atoms with van der Waals surface area (Å²) in [4.78, 5) is 10.3. The zero-order valence-corrected chi connectivity index (χ0v) is 13.1. The fourth-order valence-electron chi connectivity index (χ4n) is 2.44. The summed E-state index contributed by atoms with van der Waals surface area (Å²) in [5, 5.41) is 10.8. The van der Waals surface area contributed by atoms with Crippen molar-refractivity contribution in [2.75, 3.05) is 5.73 Å². The molecule has 0 saturated carbocycles. The fraction of sp³-hybridized carbons (Fsp3) is 0.625. The predicted octanol–water partition coefficient (Wildman–Crippen LogP) is 5.40. The molecule has 0 radical (unpaired) electrons. The molecule has 130 valence electrons. The summed E-state index contributed by atoms with van der Waals surface area (Å²) in [5.41, 5.74) is 6.53. The Hall–Kier alpha value is -1.79. The van der Waals surface area contributed by atoms with Crippen molar-refractivity contribution in [3.63, 3.8) is 0 Å². The van der Waals surface area contributed by atoms with E-state index in [1.807, 2.05) is 0 Å². The highest BCUT2D eigenvalue weighted by molar-refractivity contribution is 5.59. The molecule has 2 N–H and O–H groups in total. The number of unbranched alkanes of at least 4 members (excludes halogenated alkanes) is 6. The van der Waals surface area contributed by atoms with Crippen LogP contribution in [0.2, 0.25) is 0 Å². The van der Waals surface area contributed by atoms with Crippen LogP contribution in [0, 0.1) is 10.1 Å².